The van der Waals surface area contributed by atoms with Gasteiger partial charge >= 0.3 is 6.18 Å². The Hall–Kier alpha value is -1.96. The number of hydrogen-bond donors (Lipinski definition) is 1. The molecule has 2 aromatic rings. The smallest absolute Gasteiger partial charge is 0.302 e. The van der Waals surface area contributed by atoms with Gasteiger partial charge in [-0.3, -0.25) is 4.79 Å². The molecule has 2 heterocycles. The summed E-state index contributed by atoms with van der Waals surface area (Å²) in [7, 11) is 0. The van der Waals surface area contributed by atoms with E-state index in [-0.39, 0.29) is 12.1 Å². The first-order valence-electron chi connectivity index (χ1n) is 6.66. The fourth-order valence-corrected chi connectivity index (χ4v) is 2.56. The molecule has 22 heavy (non-hydrogen) atoms. The van der Waals surface area contributed by atoms with E-state index in [1.807, 2.05) is 12.3 Å². The standard InChI is InChI=1S/C14H14F3N3OS/c1-2-4-10-8-22-13(19-10)20-12(21)7-9-5-3-6-11(18-9)14(15,16)17/h3,5-6,8H,2,4,7H2,1H3,(H,19,20,21). The number of carbonyl (C=O) groups is 1. The molecule has 0 fully saturated rings. The van der Waals surface area contributed by atoms with E-state index < -0.39 is 17.8 Å². The molecular weight excluding hydrogens is 315 g/mol. The van der Waals surface area contributed by atoms with Crippen LogP contribution in [0.3, 0.4) is 0 Å². The van der Waals surface area contributed by atoms with Crippen molar-refractivity contribution in [2.45, 2.75) is 32.4 Å². The van der Waals surface area contributed by atoms with Gasteiger partial charge in [0.05, 0.1) is 17.8 Å². The van der Waals surface area contributed by atoms with Crippen molar-refractivity contribution >= 4 is 22.4 Å². The number of anilines is 1. The van der Waals surface area contributed by atoms with Gasteiger partial charge < -0.3 is 5.32 Å². The number of pyridine rings is 1. The lowest BCUT2D eigenvalue weighted by Gasteiger charge is -2.07. The zero-order valence-electron chi connectivity index (χ0n) is 11.8. The number of carbonyl (C=O) groups excluding carboxylic acids is 1. The summed E-state index contributed by atoms with van der Waals surface area (Å²) in [5.74, 6) is -0.441. The summed E-state index contributed by atoms with van der Waals surface area (Å²) in [6.07, 6.45) is -2.98. The van der Waals surface area contributed by atoms with Crippen molar-refractivity contribution in [3.8, 4) is 0 Å². The van der Waals surface area contributed by atoms with Crippen LogP contribution in [0.25, 0.3) is 0 Å². The van der Waals surface area contributed by atoms with E-state index in [1.54, 1.807) is 0 Å². The first-order valence-corrected chi connectivity index (χ1v) is 7.54. The fraction of sp³-hybridized carbons (Fsp3) is 0.357. The average Bonchev–Trinajstić information content (AvgIpc) is 2.85. The Morgan fingerprint density at radius 3 is 2.73 bits per heavy atom. The second-order valence-corrected chi connectivity index (χ2v) is 5.49. The minimum atomic E-state index is -4.52. The lowest BCUT2D eigenvalue weighted by Crippen LogP contribution is -2.16. The summed E-state index contributed by atoms with van der Waals surface area (Å²) in [5, 5.41) is 4.87. The fourth-order valence-electron chi connectivity index (χ4n) is 1.80. The van der Waals surface area contributed by atoms with Gasteiger partial charge in [-0.1, -0.05) is 19.4 Å². The van der Waals surface area contributed by atoms with Crippen molar-refractivity contribution in [1.82, 2.24) is 9.97 Å². The summed E-state index contributed by atoms with van der Waals surface area (Å²) >= 11 is 1.29. The third kappa shape index (κ3) is 4.52. The first-order chi connectivity index (χ1) is 10.4. The molecule has 0 aliphatic carbocycles. The Morgan fingerprint density at radius 1 is 1.27 bits per heavy atom. The monoisotopic (exact) mass is 329 g/mol. The third-order valence-electron chi connectivity index (χ3n) is 2.74. The number of hydrogen-bond acceptors (Lipinski definition) is 4. The number of amides is 1. The lowest BCUT2D eigenvalue weighted by molar-refractivity contribution is -0.141. The Balaban J connectivity index is 1.99. The van der Waals surface area contributed by atoms with Gasteiger partial charge in [0.1, 0.15) is 5.69 Å². The minimum absolute atomic E-state index is 0.0673. The van der Waals surface area contributed by atoms with Crippen LogP contribution in [0.4, 0.5) is 18.3 Å². The molecule has 2 rings (SSSR count). The zero-order chi connectivity index (χ0) is 16.2. The molecule has 2 aromatic heterocycles. The van der Waals surface area contributed by atoms with Gasteiger partial charge in [-0.25, -0.2) is 9.97 Å². The van der Waals surface area contributed by atoms with Crippen molar-refractivity contribution in [3.63, 3.8) is 0 Å². The number of aromatic nitrogens is 2. The van der Waals surface area contributed by atoms with Crippen LogP contribution in [0.1, 0.15) is 30.4 Å². The number of alkyl halides is 3. The van der Waals surface area contributed by atoms with Crippen molar-refractivity contribution in [2.75, 3.05) is 5.32 Å². The van der Waals surface area contributed by atoms with Crippen LogP contribution in [0, 0.1) is 0 Å². The van der Waals surface area contributed by atoms with Crippen LogP contribution >= 0.6 is 11.3 Å². The summed E-state index contributed by atoms with van der Waals surface area (Å²) in [6.45, 7) is 2.02. The summed E-state index contributed by atoms with van der Waals surface area (Å²) in [4.78, 5) is 19.5. The summed E-state index contributed by atoms with van der Waals surface area (Å²) < 4.78 is 37.7. The molecule has 0 spiro atoms. The molecule has 0 radical (unpaired) electrons. The lowest BCUT2D eigenvalue weighted by atomic mass is 10.2. The van der Waals surface area contributed by atoms with Gasteiger partial charge in [0.25, 0.3) is 0 Å². The van der Waals surface area contributed by atoms with Gasteiger partial charge in [0.2, 0.25) is 5.91 Å². The van der Waals surface area contributed by atoms with Crippen LogP contribution in [0.2, 0.25) is 0 Å². The highest BCUT2D eigenvalue weighted by Gasteiger charge is 2.32. The molecule has 0 aliphatic rings. The quantitative estimate of drug-likeness (QED) is 0.910. The van der Waals surface area contributed by atoms with Crippen molar-refractivity contribution in [1.29, 1.82) is 0 Å². The number of nitrogens with one attached hydrogen (secondary N) is 1. The SMILES string of the molecule is CCCc1csc(NC(=O)Cc2cccc(C(F)(F)F)n2)n1. The van der Waals surface area contributed by atoms with Gasteiger partial charge in [-0.05, 0) is 18.6 Å². The predicted octanol–water partition coefficient (Wildman–Crippen LogP) is 3.69. The van der Waals surface area contributed by atoms with Gasteiger partial charge in [0.15, 0.2) is 5.13 Å². The molecule has 8 heteroatoms. The maximum Gasteiger partial charge on any atom is 0.433 e. The van der Waals surface area contributed by atoms with Crippen LogP contribution in [0.15, 0.2) is 23.6 Å². The van der Waals surface area contributed by atoms with Crippen molar-refractivity contribution in [2.24, 2.45) is 0 Å². The normalized spacial score (nSPS) is 11.5. The average molecular weight is 329 g/mol. The summed E-state index contributed by atoms with van der Waals surface area (Å²) in [5.41, 5.74) is -0.0464. The van der Waals surface area contributed by atoms with Crippen molar-refractivity contribution in [3.05, 3.63) is 40.7 Å². The Bertz CT molecular complexity index is 655. The Morgan fingerprint density at radius 2 is 2.05 bits per heavy atom. The van der Waals surface area contributed by atoms with Crippen LogP contribution in [0.5, 0.6) is 0 Å². The molecule has 1 amide bonds. The number of halogens is 3. The van der Waals surface area contributed by atoms with E-state index >= 15 is 0 Å². The Kier molecular flexibility index (Phi) is 5.12. The van der Waals surface area contributed by atoms with Crippen molar-refractivity contribution < 1.29 is 18.0 Å². The van der Waals surface area contributed by atoms with Crippen LogP contribution < -0.4 is 5.32 Å². The number of rotatable bonds is 5. The molecule has 0 unspecified atom stereocenters. The number of thiazole rings is 1. The maximum absolute atomic E-state index is 12.6. The molecule has 0 saturated carbocycles. The molecule has 118 valence electrons. The second kappa shape index (κ2) is 6.87. The van der Waals surface area contributed by atoms with Gasteiger partial charge in [-0.2, -0.15) is 13.2 Å². The molecule has 0 atom stereocenters. The largest absolute Gasteiger partial charge is 0.433 e. The predicted molar refractivity (Wildman–Crippen MR) is 77.7 cm³/mol. The van der Waals surface area contributed by atoms with Gasteiger partial charge in [-0.15, -0.1) is 11.3 Å². The topological polar surface area (TPSA) is 54.9 Å². The zero-order valence-corrected chi connectivity index (χ0v) is 12.6. The Labute approximate surface area is 129 Å². The van der Waals surface area contributed by atoms with Gasteiger partial charge in [0, 0.05) is 5.38 Å². The number of aryl methyl sites for hydroxylation is 1. The maximum atomic E-state index is 12.6. The third-order valence-corrected chi connectivity index (χ3v) is 3.55. The summed E-state index contributed by atoms with van der Waals surface area (Å²) in [6, 6.07) is 3.50. The molecule has 4 nitrogen and oxygen atoms in total. The first kappa shape index (κ1) is 16.4. The minimum Gasteiger partial charge on any atom is -0.302 e. The van der Waals surface area contributed by atoms with E-state index in [9.17, 15) is 18.0 Å². The molecule has 0 saturated heterocycles. The van der Waals surface area contributed by atoms with E-state index in [1.165, 1.54) is 23.5 Å². The highest BCUT2D eigenvalue weighted by Crippen LogP contribution is 2.27. The van der Waals surface area contributed by atoms with E-state index in [0.717, 1.165) is 24.6 Å². The molecule has 1 N–H and O–H groups in total. The number of nitrogens with zero attached hydrogens (tertiary/aromatic N) is 2. The second-order valence-electron chi connectivity index (χ2n) is 4.63. The molecule has 0 bridgehead atoms. The molecule has 0 aliphatic heterocycles. The highest BCUT2D eigenvalue weighted by molar-refractivity contribution is 7.13. The van der Waals surface area contributed by atoms with E-state index in [4.69, 9.17) is 0 Å². The van der Waals surface area contributed by atoms with E-state index in [2.05, 4.69) is 15.3 Å². The van der Waals surface area contributed by atoms with Crippen LogP contribution in [-0.4, -0.2) is 15.9 Å². The molecular formula is C14H14F3N3OS. The van der Waals surface area contributed by atoms with Crippen LogP contribution in [-0.2, 0) is 23.8 Å². The van der Waals surface area contributed by atoms with E-state index in [0.29, 0.717) is 5.13 Å². The molecule has 0 aromatic carbocycles. The highest BCUT2D eigenvalue weighted by atomic mass is 32.1.